The lowest BCUT2D eigenvalue weighted by atomic mass is 9.71. The number of fused-ring (bicyclic) bond motifs is 2. The first-order valence-corrected chi connectivity index (χ1v) is 14.2. The van der Waals surface area contributed by atoms with Crippen molar-refractivity contribution < 1.29 is 0 Å². The Hall–Kier alpha value is -2.60. The van der Waals surface area contributed by atoms with Crippen LogP contribution < -0.4 is 0 Å². The molecule has 0 atom stereocenters. The molecule has 0 N–H and O–H groups in total. The molecule has 0 aliphatic heterocycles. The van der Waals surface area contributed by atoms with Crippen molar-refractivity contribution in [2.24, 2.45) is 23.7 Å². The van der Waals surface area contributed by atoms with Crippen molar-refractivity contribution in [2.45, 2.75) is 70.6 Å². The molecule has 0 saturated heterocycles. The van der Waals surface area contributed by atoms with Crippen LogP contribution in [0.4, 0.5) is 0 Å². The van der Waals surface area contributed by atoms with E-state index in [-0.39, 0.29) is 0 Å². The van der Waals surface area contributed by atoms with E-state index in [0.717, 1.165) is 23.7 Å². The maximum Gasteiger partial charge on any atom is -0.0152 e. The minimum absolute atomic E-state index is 0.883. The molecule has 0 spiro atoms. The molecule has 180 valence electrons. The number of benzene rings is 4. The highest BCUT2D eigenvalue weighted by molar-refractivity contribution is 5.86. The Bertz CT molecular complexity index is 1140. The van der Waals surface area contributed by atoms with E-state index in [2.05, 4.69) is 84.9 Å². The van der Waals surface area contributed by atoms with Gasteiger partial charge in [0, 0.05) is 0 Å². The number of rotatable bonds is 6. The fourth-order valence-corrected chi connectivity index (χ4v) is 7.38. The molecule has 2 aliphatic rings. The van der Waals surface area contributed by atoms with Gasteiger partial charge in [0.2, 0.25) is 0 Å². The molecule has 35 heavy (non-hydrogen) atoms. The Morgan fingerprint density at radius 2 is 0.771 bits per heavy atom. The molecule has 0 heterocycles. The summed E-state index contributed by atoms with van der Waals surface area (Å²) in [6.45, 7) is 0. The van der Waals surface area contributed by atoms with Gasteiger partial charge in [-0.3, -0.25) is 0 Å². The van der Waals surface area contributed by atoms with Crippen LogP contribution in [0.5, 0.6) is 0 Å². The third kappa shape index (κ3) is 5.32. The van der Waals surface area contributed by atoms with E-state index in [0.29, 0.717) is 0 Å². The number of hydrogen-bond acceptors (Lipinski definition) is 0. The van der Waals surface area contributed by atoms with Crippen LogP contribution in [-0.4, -0.2) is 0 Å². The molecule has 0 radical (unpaired) electrons. The predicted molar refractivity (Wildman–Crippen MR) is 151 cm³/mol. The van der Waals surface area contributed by atoms with Gasteiger partial charge in [-0.2, -0.15) is 0 Å². The second kappa shape index (κ2) is 10.6. The average molecular weight is 461 g/mol. The van der Waals surface area contributed by atoms with Gasteiger partial charge in [0.15, 0.2) is 0 Å². The molecule has 2 fully saturated rings. The summed E-state index contributed by atoms with van der Waals surface area (Å²) >= 11 is 0. The van der Waals surface area contributed by atoms with E-state index in [1.165, 1.54) is 92.2 Å². The summed E-state index contributed by atoms with van der Waals surface area (Å²) in [5, 5.41) is 5.74. The Morgan fingerprint density at radius 1 is 0.400 bits per heavy atom. The molecule has 2 saturated carbocycles. The van der Waals surface area contributed by atoms with Crippen molar-refractivity contribution in [1.82, 2.24) is 0 Å². The SMILES string of the molecule is c1ccc2c(CC3CCC(CC4CCC(Cc5cccc6ccccc56)CC4)CC3)cccc2c1. The molecule has 6 rings (SSSR count). The summed E-state index contributed by atoms with van der Waals surface area (Å²) in [5.74, 6) is 3.73. The van der Waals surface area contributed by atoms with Gasteiger partial charge >= 0.3 is 0 Å². The minimum atomic E-state index is 0.883. The molecule has 0 unspecified atom stereocenters. The van der Waals surface area contributed by atoms with Crippen LogP contribution in [0.25, 0.3) is 21.5 Å². The van der Waals surface area contributed by atoms with Crippen molar-refractivity contribution in [2.75, 3.05) is 0 Å². The van der Waals surface area contributed by atoms with Gasteiger partial charge in [-0.25, -0.2) is 0 Å². The summed E-state index contributed by atoms with van der Waals surface area (Å²) < 4.78 is 0. The fraction of sp³-hybridized carbons (Fsp3) is 0.429. The Morgan fingerprint density at radius 3 is 1.23 bits per heavy atom. The Labute approximate surface area is 211 Å². The number of hydrogen-bond donors (Lipinski definition) is 0. The van der Waals surface area contributed by atoms with Gasteiger partial charge in [0.05, 0.1) is 0 Å². The molecule has 0 nitrogen and oxygen atoms in total. The molecule has 2 aliphatic carbocycles. The van der Waals surface area contributed by atoms with E-state index in [9.17, 15) is 0 Å². The van der Waals surface area contributed by atoms with Crippen LogP contribution in [0, 0.1) is 23.7 Å². The molecule has 4 aromatic carbocycles. The largest absolute Gasteiger partial charge is 0.0616 e. The lowest BCUT2D eigenvalue weighted by Crippen LogP contribution is -2.22. The van der Waals surface area contributed by atoms with E-state index >= 15 is 0 Å². The first-order valence-electron chi connectivity index (χ1n) is 14.2. The lowest BCUT2D eigenvalue weighted by molar-refractivity contribution is 0.191. The summed E-state index contributed by atoms with van der Waals surface area (Å²) in [6.07, 6.45) is 15.6. The summed E-state index contributed by atoms with van der Waals surface area (Å²) in [7, 11) is 0. The highest BCUT2D eigenvalue weighted by atomic mass is 14.3. The van der Waals surface area contributed by atoms with Gasteiger partial charge in [0.25, 0.3) is 0 Å². The average Bonchev–Trinajstić information content (AvgIpc) is 2.91. The second-order valence-electron chi connectivity index (χ2n) is 11.7. The second-order valence-corrected chi connectivity index (χ2v) is 11.7. The van der Waals surface area contributed by atoms with Crippen LogP contribution in [0.2, 0.25) is 0 Å². The quantitative estimate of drug-likeness (QED) is 0.268. The van der Waals surface area contributed by atoms with Gasteiger partial charge in [-0.15, -0.1) is 0 Å². The van der Waals surface area contributed by atoms with Gasteiger partial charge in [-0.1, -0.05) is 111 Å². The molecule has 4 aromatic rings. The van der Waals surface area contributed by atoms with Crippen LogP contribution in [-0.2, 0) is 12.8 Å². The van der Waals surface area contributed by atoms with E-state index < -0.39 is 0 Å². The molecule has 0 heteroatoms. The predicted octanol–water partition coefficient (Wildman–Crippen LogP) is 9.78. The molecule has 0 bridgehead atoms. The topological polar surface area (TPSA) is 0 Å². The summed E-state index contributed by atoms with van der Waals surface area (Å²) in [5.41, 5.74) is 3.13. The van der Waals surface area contributed by atoms with Crippen LogP contribution >= 0.6 is 0 Å². The molecular formula is C35H40. The van der Waals surface area contributed by atoms with E-state index in [1.807, 2.05) is 0 Å². The van der Waals surface area contributed by atoms with Crippen molar-refractivity contribution in [1.29, 1.82) is 0 Å². The Kier molecular flexibility index (Phi) is 6.90. The first kappa shape index (κ1) is 22.8. The fourth-order valence-electron chi connectivity index (χ4n) is 7.38. The highest BCUT2D eigenvalue weighted by Crippen LogP contribution is 2.40. The molecular weight excluding hydrogens is 420 g/mol. The van der Waals surface area contributed by atoms with Gasteiger partial charge in [-0.05, 0) is 101 Å². The smallest absolute Gasteiger partial charge is 0.0152 e. The monoisotopic (exact) mass is 460 g/mol. The summed E-state index contributed by atoms with van der Waals surface area (Å²) in [6, 6.07) is 31.6. The zero-order valence-corrected chi connectivity index (χ0v) is 21.2. The normalized spacial score (nSPS) is 25.1. The van der Waals surface area contributed by atoms with Crippen LogP contribution in [0.3, 0.4) is 0 Å². The first-order chi connectivity index (χ1) is 17.3. The highest BCUT2D eigenvalue weighted by Gasteiger charge is 2.27. The third-order valence-corrected chi connectivity index (χ3v) is 9.38. The van der Waals surface area contributed by atoms with E-state index in [1.54, 1.807) is 11.1 Å². The molecule has 0 aromatic heterocycles. The van der Waals surface area contributed by atoms with Crippen molar-refractivity contribution in [3.8, 4) is 0 Å². The van der Waals surface area contributed by atoms with Crippen molar-refractivity contribution in [3.05, 3.63) is 96.1 Å². The van der Waals surface area contributed by atoms with Gasteiger partial charge in [0.1, 0.15) is 0 Å². The maximum atomic E-state index is 2.37. The van der Waals surface area contributed by atoms with Crippen LogP contribution in [0.1, 0.15) is 68.9 Å². The summed E-state index contributed by atoms with van der Waals surface area (Å²) in [4.78, 5) is 0. The maximum absolute atomic E-state index is 2.37. The third-order valence-electron chi connectivity index (χ3n) is 9.38. The van der Waals surface area contributed by atoms with Crippen LogP contribution in [0.15, 0.2) is 84.9 Å². The van der Waals surface area contributed by atoms with Crippen molar-refractivity contribution >= 4 is 21.5 Å². The minimum Gasteiger partial charge on any atom is -0.0616 e. The Balaban J connectivity index is 0.971. The van der Waals surface area contributed by atoms with Crippen molar-refractivity contribution in [3.63, 3.8) is 0 Å². The van der Waals surface area contributed by atoms with Gasteiger partial charge < -0.3 is 0 Å². The zero-order chi connectivity index (χ0) is 23.5. The lowest BCUT2D eigenvalue weighted by Gasteiger charge is -2.34. The van der Waals surface area contributed by atoms with E-state index in [4.69, 9.17) is 0 Å². The zero-order valence-electron chi connectivity index (χ0n) is 21.2. The molecule has 0 amide bonds. The standard InChI is InChI=1S/C35H40/c1-3-13-34-30(7-1)9-5-11-32(34)24-28-19-15-26(16-20-28)23-27-17-21-29(22-18-27)25-33-12-6-10-31-8-2-4-14-35(31)33/h1-14,26-29H,15-25H2.